The first-order valence-electron chi connectivity index (χ1n) is 5.84. The van der Waals surface area contributed by atoms with Gasteiger partial charge in [0.25, 0.3) is 0 Å². The predicted octanol–water partition coefficient (Wildman–Crippen LogP) is 1.97. The van der Waals surface area contributed by atoms with E-state index in [4.69, 9.17) is 0 Å². The van der Waals surface area contributed by atoms with Crippen molar-refractivity contribution in [3.05, 3.63) is 12.0 Å². The summed E-state index contributed by atoms with van der Waals surface area (Å²) in [6.45, 7) is 1.98. The van der Waals surface area contributed by atoms with E-state index >= 15 is 0 Å². The number of nitrogens with one attached hydrogen (secondary N) is 2. The maximum absolute atomic E-state index is 4.30. The number of aryl methyl sites for hydroxylation is 1. The maximum atomic E-state index is 4.30. The van der Waals surface area contributed by atoms with Crippen LogP contribution in [0.25, 0.3) is 11.0 Å². The fourth-order valence-electron chi connectivity index (χ4n) is 2.09. The van der Waals surface area contributed by atoms with Crippen LogP contribution in [0.3, 0.4) is 0 Å². The third-order valence-electron chi connectivity index (χ3n) is 3.08. The van der Waals surface area contributed by atoms with E-state index in [2.05, 4.69) is 25.5 Å². The summed E-state index contributed by atoms with van der Waals surface area (Å²) in [6, 6.07) is 0.520. The van der Waals surface area contributed by atoms with Gasteiger partial charge in [0.2, 0.25) is 0 Å². The Morgan fingerprint density at radius 3 is 2.94 bits per heavy atom. The van der Waals surface area contributed by atoms with Crippen LogP contribution in [0.15, 0.2) is 6.33 Å². The van der Waals surface area contributed by atoms with Crippen molar-refractivity contribution >= 4 is 28.6 Å². The lowest BCUT2D eigenvalue weighted by molar-refractivity contribution is 0.664. The minimum atomic E-state index is 0.520. The molecule has 0 atom stereocenters. The number of H-pyrrole nitrogens is 1. The van der Waals surface area contributed by atoms with Crippen molar-refractivity contribution in [2.75, 3.05) is 16.8 Å². The molecule has 3 heterocycles. The Kier molecular flexibility index (Phi) is 2.88. The molecule has 1 fully saturated rings. The first-order valence-corrected chi connectivity index (χ1v) is 7.00. The first kappa shape index (κ1) is 10.8. The van der Waals surface area contributed by atoms with Crippen molar-refractivity contribution in [1.82, 2.24) is 20.2 Å². The summed E-state index contributed by atoms with van der Waals surface area (Å²) in [4.78, 5) is 8.55. The SMILES string of the molecule is Cc1[nH]nc2c(NC3CCSCC3)ncnc12. The lowest BCUT2D eigenvalue weighted by atomic mass is 10.1. The van der Waals surface area contributed by atoms with Crippen LogP contribution < -0.4 is 5.32 Å². The van der Waals surface area contributed by atoms with Crippen LogP contribution >= 0.6 is 11.8 Å². The Balaban J connectivity index is 1.89. The Morgan fingerprint density at radius 2 is 2.12 bits per heavy atom. The smallest absolute Gasteiger partial charge is 0.158 e. The Labute approximate surface area is 104 Å². The zero-order chi connectivity index (χ0) is 11.7. The maximum Gasteiger partial charge on any atom is 0.158 e. The number of hydrogen-bond acceptors (Lipinski definition) is 5. The van der Waals surface area contributed by atoms with E-state index in [9.17, 15) is 0 Å². The van der Waals surface area contributed by atoms with Gasteiger partial charge < -0.3 is 5.32 Å². The van der Waals surface area contributed by atoms with Gasteiger partial charge >= 0.3 is 0 Å². The zero-order valence-corrected chi connectivity index (χ0v) is 10.5. The highest BCUT2D eigenvalue weighted by molar-refractivity contribution is 7.99. The molecule has 2 aromatic heterocycles. The summed E-state index contributed by atoms with van der Waals surface area (Å²) in [5, 5.41) is 10.7. The summed E-state index contributed by atoms with van der Waals surface area (Å²) >= 11 is 2.02. The molecule has 0 amide bonds. The number of thioether (sulfide) groups is 1. The van der Waals surface area contributed by atoms with E-state index in [1.165, 1.54) is 24.3 Å². The number of anilines is 1. The normalized spacial score (nSPS) is 17.5. The minimum Gasteiger partial charge on any atom is -0.365 e. The molecule has 1 aliphatic heterocycles. The second-order valence-electron chi connectivity index (χ2n) is 4.30. The van der Waals surface area contributed by atoms with Gasteiger partial charge in [-0.05, 0) is 31.3 Å². The van der Waals surface area contributed by atoms with Gasteiger partial charge in [0.15, 0.2) is 11.3 Å². The van der Waals surface area contributed by atoms with E-state index in [0.29, 0.717) is 6.04 Å². The largest absolute Gasteiger partial charge is 0.365 e. The fourth-order valence-corrected chi connectivity index (χ4v) is 3.20. The number of hydrogen-bond donors (Lipinski definition) is 2. The van der Waals surface area contributed by atoms with Crippen LogP contribution in [0, 0.1) is 6.92 Å². The third kappa shape index (κ3) is 2.09. The average Bonchev–Trinajstić information content (AvgIpc) is 2.74. The van der Waals surface area contributed by atoms with E-state index in [0.717, 1.165) is 22.5 Å². The van der Waals surface area contributed by atoms with Gasteiger partial charge in [-0.25, -0.2) is 9.97 Å². The van der Waals surface area contributed by atoms with Crippen molar-refractivity contribution in [2.24, 2.45) is 0 Å². The molecule has 1 saturated heterocycles. The lowest BCUT2D eigenvalue weighted by Gasteiger charge is -2.22. The van der Waals surface area contributed by atoms with Gasteiger partial charge in [-0.15, -0.1) is 0 Å². The van der Waals surface area contributed by atoms with Gasteiger partial charge in [-0.3, -0.25) is 5.10 Å². The molecule has 3 rings (SSSR count). The Hall–Kier alpha value is -1.30. The molecule has 0 aromatic carbocycles. The zero-order valence-electron chi connectivity index (χ0n) is 9.73. The number of rotatable bonds is 2. The summed E-state index contributed by atoms with van der Waals surface area (Å²) in [7, 11) is 0. The second kappa shape index (κ2) is 4.52. The van der Waals surface area contributed by atoms with Gasteiger partial charge in [0, 0.05) is 6.04 Å². The summed E-state index contributed by atoms with van der Waals surface area (Å²) in [6.07, 6.45) is 3.99. The monoisotopic (exact) mass is 249 g/mol. The highest BCUT2D eigenvalue weighted by Crippen LogP contribution is 2.23. The molecule has 0 saturated carbocycles. The van der Waals surface area contributed by atoms with Crippen LogP contribution in [0.2, 0.25) is 0 Å². The Bertz CT molecular complexity index is 518. The highest BCUT2D eigenvalue weighted by atomic mass is 32.2. The number of aromatic amines is 1. The van der Waals surface area contributed by atoms with Crippen molar-refractivity contribution in [3.63, 3.8) is 0 Å². The molecule has 17 heavy (non-hydrogen) atoms. The Morgan fingerprint density at radius 1 is 1.29 bits per heavy atom. The van der Waals surface area contributed by atoms with Gasteiger partial charge in [-0.1, -0.05) is 0 Å². The van der Waals surface area contributed by atoms with Crippen LogP contribution in [0.5, 0.6) is 0 Å². The van der Waals surface area contributed by atoms with Crippen molar-refractivity contribution < 1.29 is 0 Å². The molecule has 0 bridgehead atoms. The van der Waals surface area contributed by atoms with E-state index in [1.54, 1.807) is 6.33 Å². The van der Waals surface area contributed by atoms with Crippen molar-refractivity contribution in [3.8, 4) is 0 Å². The molecule has 1 aliphatic rings. The summed E-state index contributed by atoms with van der Waals surface area (Å²) in [5.74, 6) is 3.31. The molecule has 90 valence electrons. The highest BCUT2D eigenvalue weighted by Gasteiger charge is 2.16. The van der Waals surface area contributed by atoms with Crippen molar-refractivity contribution in [1.29, 1.82) is 0 Å². The number of fused-ring (bicyclic) bond motifs is 1. The average molecular weight is 249 g/mol. The first-order chi connectivity index (χ1) is 8.34. The molecular formula is C11H15N5S. The molecule has 0 spiro atoms. The molecule has 0 radical (unpaired) electrons. The van der Waals surface area contributed by atoms with Gasteiger partial charge in [0.05, 0.1) is 5.69 Å². The topological polar surface area (TPSA) is 66.5 Å². The summed E-state index contributed by atoms with van der Waals surface area (Å²) in [5.41, 5.74) is 2.75. The van der Waals surface area contributed by atoms with Crippen LogP contribution in [0.4, 0.5) is 5.82 Å². The van der Waals surface area contributed by atoms with Crippen LogP contribution in [-0.4, -0.2) is 37.7 Å². The standard InChI is InChI=1S/C11H15N5S/c1-7-9-10(16-15-7)11(13-6-12-9)14-8-2-4-17-5-3-8/h6,8H,2-5H2,1H3,(H,15,16)(H,12,13,14). The predicted molar refractivity (Wildman–Crippen MR) is 70.4 cm³/mol. The molecule has 0 unspecified atom stereocenters. The fraction of sp³-hybridized carbons (Fsp3) is 0.545. The molecule has 0 aliphatic carbocycles. The second-order valence-corrected chi connectivity index (χ2v) is 5.52. The third-order valence-corrected chi connectivity index (χ3v) is 4.12. The van der Waals surface area contributed by atoms with E-state index < -0.39 is 0 Å². The van der Waals surface area contributed by atoms with Gasteiger partial charge in [-0.2, -0.15) is 16.9 Å². The lowest BCUT2D eigenvalue weighted by Crippen LogP contribution is -2.25. The minimum absolute atomic E-state index is 0.520. The van der Waals surface area contributed by atoms with Crippen molar-refractivity contribution in [2.45, 2.75) is 25.8 Å². The molecule has 2 N–H and O–H groups in total. The quantitative estimate of drug-likeness (QED) is 0.851. The molecule has 6 heteroatoms. The van der Waals surface area contributed by atoms with Crippen LogP contribution in [0.1, 0.15) is 18.5 Å². The van der Waals surface area contributed by atoms with E-state index in [1.807, 2.05) is 18.7 Å². The number of nitrogens with zero attached hydrogens (tertiary/aromatic N) is 3. The van der Waals surface area contributed by atoms with Crippen LogP contribution in [-0.2, 0) is 0 Å². The molecule has 2 aromatic rings. The summed E-state index contributed by atoms with van der Waals surface area (Å²) < 4.78 is 0. The van der Waals surface area contributed by atoms with E-state index in [-0.39, 0.29) is 0 Å². The molecular weight excluding hydrogens is 234 g/mol. The van der Waals surface area contributed by atoms with Gasteiger partial charge in [0.1, 0.15) is 11.8 Å². The molecule has 5 nitrogen and oxygen atoms in total. The number of aromatic nitrogens is 4.